The first-order valence-electron chi connectivity index (χ1n) is 6.56. The van der Waals surface area contributed by atoms with Gasteiger partial charge in [-0.15, -0.1) is 0 Å². The number of Topliss-reactive ketones (excluding diaryl/α,β-unsaturated/α-hetero) is 1. The highest BCUT2D eigenvalue weighted by Gasteiger charge is 2.09. The van der Waals surface area contributed by atoms with E-state index in [0.717, 1.165) is 11.6 Å². The molecule has 0 radical (unpaired) electrons. The Morgan fingerprint density at radius 2 is 1.75 bits per heavy atom. The highest BCUT2D eigenvalue weighted by atomic mass is 19.1. The normalized spacial score (nSPS) is 10.6. The van der Waals surface area contributed by atoms with Gasteiger partial charge in [0.05, 0.1) is 0 Å². The number of rotatable bonds is 5. The van der Waals surface area contributed by atoms with E-state index in [4.69, 9.17) is 0 Å². The first kappa shape index (κ1) is 14.4. The molecule has 2 rings (SSSR count). The molecule has 0 N–H and O–H groups in total. The number of ketones is 1. The van der Waals surface area contributed by atoms with E-state index in [0.29, 0.717) is 12.8 Å². The van der Waals surface area contributed by atoms with Crippen molar-refractivity contribution < 1.29 is 13.6 Å². The molecule has 2 aromatic carbocycles. The summed E-state index contributed by atoms with van der Waals surface area (Å²) in [6.45, 7) is 2.01. The molecule has 0 atom stereocenters. The van der Waals surface area contributed by atoms with Crippen LogP contribution >= 0.6 is 0 Å². The van der Waals surface area contributed by atoms with Crippen LogP contribution in [0.3, 0.4) is 0 Å². The molecule has 0 unspecified atom stereocenters. The summed E-state index contributed by atoms with van der Waals surface area (Å²) >= 11 is 0. The van der Waals surface area contributed by atoms with Crippen LogP contribution in [0.25, 0.3) is 0 Å². The van der Waals surface area contributed by atoms with E-state index in [1.54, 1.807) is 0 Å². The molecular weight excluding hydrogens is 258 g/mol. The molecule has 0 saturated heterocycles. The third kappa shape index (κ3) is 3.98. The Bertz CT molecular complexity index is 603. The van der Waals surface area contributed by atoms with Crippen molar-refractivity contribution in [2.24, 2.45) is 0 Å². The maximum Gasteiger partial charge on any atom is 0.137 e. The summed E-state index contributed by atoms with van der Waals surface area (Å²) in [5, 5.41) is 0. The van der Waals surface area contributed by atoms with E-state index < -0.39 is 11.6 Å². The summed E-state index contributed by atoms with van der Waals surface area (Å²) in [6.07, 6.45) is 1.01. The molecule has 0 spiro atoms. The van der Waals surface area contributed by atoms with Gasteiger partial charge < -0.3 is 0 Å². The number of carbonyl (C=O) groups is 1. The van der Waals surface area contributed by atoms with Crippen molar-refractivity contribution in [1.82, 2.24) is 0 Å². The fourth-order valence-electron chi connectivity index (χ4n) is 2.00. The van der Waals surface area contributed by atoms with Crippen LogP contribution in [0.1, 0.15) is 23.1 Å². The molecule has 1 nitrogen and oxygen atoms in total. The summed E-state index contributed by atoms with van der Waals surface area (Å²) < 4.78 is 26.2. The van der Waals surface area contributed by atoms with E-state index in [2.05, 4.69) is 0 Å². The van der Waals surface area contributed by atoms with Gasteiger partial charge >= 0.3 is 0 Å². The number of aryl methyl sites for hydroxylation is 2. The largest absolute Gasteiger partial charge is 0.299 e. The Labute approximate surface area is 117 Å². The minimum absolute atomic E-state index is 0.0119. The van der Waals surface area contributed by atoms with Crippen molar-refractivity contribution >= 4 is 5.78 Å². The maximum atomic E-state index is 13.4. The van der Waals surface area contributed by atoms with Gasteiger partial charge in [0.2, 0.25) is 0 Å². The number of benzene rings is 2. The Balaban J connectivity index is 1.90. The summed E-state index contributed by atoms with van der Waals surface area (Å²) in [5.41, 5.74) is 2.51. The zero-order valence-corrected chi connectivity index (χ0v) is 11.3. The quantitative estimate of drug-likeness (QED) is 0.805. The molecule has 0 saturated carbocycles. The van der Waals surface area contributed by atoms with Gasteiger partial charge in [0.1, 0.15) is 17.4 Å². The smallest absolute Gasteiger partial charge is 0.137 e. The number of hydrogen-bond acceptors (Lipinski definition) is 1. The minimum Gasteiger partial charge on any atom is -0.299 e. The van der Waals surface area contributed by atoms with Gasteiger partial charge in [-0.05, 0) is 30.5 Å². The third-order valence-corrected chi connectivity index (χ3v) is 3.22. The van der Waals surface area contributed by atoms with Gasteiger partial charge in [0, 0.05) is 18.9 Å². The molecule has 0 aromatic heterocycles. The Kier molecular flexibility index (Phi) is 4.61. The van der Waals surface area contributed by atoms with Gasteiger partial charge in [-0.25, -0.2) is 8.78 Å². The van der Waals surface area contributed by atoms with Crippen molar-refractivity contribution in [3.63, 3.8) is 0 Å². The van der Waals surface area contributed by atoms with Gasteiger partial charge in [-0.1, -0.05) is 35.9 Å². The summed E-state index contributed by atoms with van der Waals surface area (Å²) in [7, 11) is 0. The average Bonchev–Trinajstić information content (AvgIpc) is 2.41. The highest BCUT2D eigenvalue weighted by Crippen LogP contribution is 2.12. The van der Waals surface area contributed by atoms with E-state index in [1.165, 1.54) is 17.7 Å². The molecule has 0 aliphatic rings. The SMILES string of the molecule is Cc1ccc(CCC(=O)Cc2ccc(F)cc2F)cc1. The van der Waals surface area contributed by atoms with Crippen LogP contribution in [0.5, 0.6) is 0 Å². The van der Waals surface area contributed by atoms with E-state index in [1.807, 2.05) is 31.2 Å². The second-order valence-electron chi connectivity index (χ2n) is 4.94. The van der Waals surface area contributed by atoms with Crippen LogP contribution in [0.4, 0.5) is 8.78 Å². The van der Waals surface area contributed by atoms with Crippen LogP contribution < -0.4 is 0 Å². The van der Waals surface area contributed by atoms with Crippen molar-refractivity contribution in [2.45, 2.75) is 26.2 Å². The molecule has 20 heavy (non-hydrogen) atoms. The molecule has 0 bridgehead atoms. The first-order chi connectivity index (χ1) is 9.54. The van der Waals surface area contributed by atoms with E-state index in [9.17, 15) is 13.6 Å². The van der Waals surface area contributed by atoms with Crippen LogP contribution in [-0.4, -0.2) is 5.78 Å². The highest BCUT2D eigenvalue weighted by molar-refractivity contribution is 5.81. The summed E-state index contributed by atoms with van der Waals surface area (Å²) in [5.74, 6) is -1.33. The molecule has 2 aromatic rings. The molecule has 0 fully saturated rings. The van der Waals surface area contributed by atoms with Crippen LogP contribution in [0, 0.1) is 18.6 Å². The molecule has 0 aliphatic heterocycles. The fraction of sp³-hybridized carbons (Fsp3) is 0.235. The van der Waals surface area contributed by atoms with Crippen molar-refractivity contribution in [3.8, 4) is 0 Å². The van der Waals surface area contributed by atoms with Crippen LogP contribution in [0.2, 0.25) is 0 Å². The second-order valence-corrected chi connectivity index (χ2v) is 4.94. The van der Waals surface area contributed by atoms with Crippen molar-refractivity contribution in [3.05, 3.63) is 70.8 Å². The lowest BCUT2D eigenvalue weighted by Gasteiger charge is -2.04. The standard InChI is InChI=1S/C17H16F2O/c1-12-2-4-13(5-3-12)6-9-16(20)10-14-7-8-15(18)11-17(14)19/h2-5,7-8,11H,6,9-10H2,1H3. The van der Waals surface area contributed by atoms with Crippen LogP contribution in [-0.2, 0) is 17.6 Å². The number of halogens is 2. The van der Waals surface area contributed by atoms with Gasteiger partial charge in [-0.3, -0.25) is 4.79 Å². The lowest BCUT2D eigenvalue weighted by molar-refractivity contribution is -0.118. The molecule has 0 aliphatic carbocycles. The zero-order valence-electron chi connectivity index (χ0n) is 11.3. The number of hydrogen-bond donors (Lipinski definition) is 0. The molecule has 104 valence electrons. The molecule has 3 heteroatoms. The fourth-order valence-corrected chi connectivity index (χ4v) is 2.00. The van der Waals surface area contributed by atoms with Crippen molar-refractivity contribution in [1.29, 1.82) is 0 Å². The predicted octanol–water partition coefficient (Wildman–Crippen LogP) is 4.02. The van der Waals surface area contributed by atoms with Gasteiger partial charge in [-0.2, -0.15) is 0 Å². The molecule has 0 amide bonds. The summed E-state index contributed by atoms with van der Waals surface area (Å²) in [4.78, 5) is 11.8. The van der Waals surface area contributed by atoms with Gasteiger partial charge in [0.25, 0.3) is 0 Å². The Hall–Kier alpha value is -2.03. The van der Waals surface area contributed by atoms with Crippen LogP contribution in [0.15, 0.2) is 42.5 Å². The molecular formula is C17H16F2O. The minimum atomic E-state index is -0.659. The second kappa shape index (κ2) is 6.42. The molecule has 0 heterocycles. The maximum absolute atomic E-state index is 13.4. The predicted molar refractivity (Wildman–Crippen MR) is 74.6 cm³/mol. The Morgan fingerprint density at radius 3 is 2.40 bits per heavy atom. The lowest BCUT2D eigenvalue weighted by Crippen LogP contribution is -2.06. The van der Waals surface area contributed by atoms with Gasteiger partial charge in [0.15, 0.2) is 0 Å². The monoisotopic (exact) mass is 274 g/mol. The lowest BCUT2D eigenvalue weighted by atomic mass is 10.0. The van der Waals surface area contributed by atoms with E-state index in [-0.39, 0.29) is 17.8 Å². The zero-order chi connectivity index (χ0) is 14.5. The first-order valence-corrected chi connectivity index (χ1v) is 6.56. The Morgan fingerprint density at radius 1 is 1.05 bits per heavy atom. The van der Waals surface area contributed by atoms with Crippen molar-refractivity contribution in [2.75, 3.05) is 0 Å². The third-order valence-electron chi connectivity index (χ3n) is 3.22. The number of carbonyl (C=O) groups excluding carboxylic acids is 1. The topological polar surface area (TPSA) is 17.1 Å². The average molecular weight is 274 g/mol. The van der Waals surface area contributed by atoms with E-state index >= 15 is 0 Å². The summed E-state index contributed by atoms with van der Waals surface area (Å²) in [6, 6.07) is 11.3.